The molecule has 1 aliphatic rings. The Morgan fingerprint density at radius 3 is 2.32 bits per heavy atom. The molecule has 1 aromatic rings. The lowest BCUT2D eigenvalue weighted by Gasteiger charge is -2.32. The third-order valence-electron chi connectivity index (χ3n) is 5.52. The average molecular weight is 481 g/mol. The minimum Gasteiger partial charge on any atom is -0.491 e. The highest BCUT2D eigenvalue weighted by Gasteiger charge is 2.37. The van der Waals surface area contributed by atoms with Gasteiger partial charge < -0.3 is 28.4 Å². The molecule has 10 nitrogen and oxygen atoms in total. The number of rotatable bonds is 5. The average Bonchev–Trinajstić information content (AvgIpc) is 2.90. The summed E-state index contributed by atoms with van der Waals surface area (Å²) in [4.78, 5) is 52.8. The molecular weight excluding hydrogens is 444 g/mol. The van der Waals surface area contributed by atoms with Crippen molar-refractivity contribution in [1.29, 1.82) is 0 Å². The molecule has 2 rings (SSSR count). The fourth-order valence-corrected chi connectivity index (χ4v) is 4.00. The van der Waals surface area contributed by atoms with Crippen LogP contribution in [0.1, 0.15) is 81.3 Å². The third-order valence-corrected chi connectivity index (χ3v) is 5.52. The highest BCUT2D eigenvalue weighted by Crippen LogP contribution is 2.35. The molecule has 0 aromatic carbocycles. The highest BCUT2D eigenvalue weighted by molar-refractivity contribution is 5.94. The van der Waals surface area contributed by atoms with E-state index < -0.39 is 35.1 Å². The number of ether oxygens (including phenoxy) is 4. The molecule has 1 unspecified atom stereocenters. The van der Waals surface area contributed by atoms with Gasteiger partial charge >= 0.3 is 18.0 Å². The van der Waals surface area contributed by atoms with Gasteiger partial charge in [0.25, 0.3) is 0 Å². The Bertz CT molecular complexity index is 990. The van der Waals surface area contributed by atoms with Gasteiger partial charge in [0.15, 0.2) is 11.4 Å². The van der Waals surface area contributed by atoms with Gasteiger partial charge in [-0.05, 0) is 46.0 Å². The van der Waals surface area contributed by atoms with Crippen LogP contribution in [0.3, 0.4) is 0 Å². The smallest absolute Gasteiger partial charge is 0.410 e. The van der Waals surface area contributed by atoms with Crippen molar-refractivity contribution in [2.75, 3.05) is 33.9 Å². The van der Waals surface area contributed by atoms with Crippen molar-refractivity contribution in [3.8, 4) is 5.75 Å². The summed E-state index contributed by atoms with van der Waals surface area (Å²) in [5, 5.41) is 0. The van der Waals surface area contributed by atoms with E-state index in [4.69, 9.17) is 18.9 Å². The van der Waals surface area contributed by atoms with Crippen molar-refractivity contribution < 1.29 is 33.3 Å². The van der Waals surface area contributed by atoms with E-state index in [1.807, 2.05) is 13.8 Å². The van der Waals surface area contributed by atoms with E-state index in [0.717, 1.165) is 7.11 Å². The van der Waals surface area contributed by atoms with Crippen LogP contribution in [0.5, 0.6) is 5.75 Å². The van der Waals surface area contributed by atoms with Crippen molar-refractivity contribution in [1.82, 2.24) is 9.47 Å². The maximum atomic E-state index is 13.0. The summed E-state index contributed by atoms with van der Waals surface area (Å²) in [6, 6.07) is -0.466. The molecule has 190 valence electrons. The number of amides is 1. The highest BCUT2D eigenvalue weighted by atomic mass is 16.6. The predicted octanol–water partition coefficient (Wildman–Crippen LogP) is 3.42. The number of likely N-dealkylation sites (tertiary alicyclic amines) is 1. The number of carbonyl (C=O) groups is 3. The monoisotopic (exact) mass is 480 g/mol. The molecule has 1 fully saturated rings. The number of pyridine rings is 1. The van der Waals surface area contributed by atoms with Crippen molar-refractivity contribution in [3.63, 3.8) is 0 Å². The first-order chi connectivity index (χ1) is 15.7. The molecule has 34 heavy (non-hydrogen) atoms. The fraction of sp³-hybridized carbons (Fsp3) is 0.667. The minimum absolute atomic E-state index is 0.0800. The van der Waals surface area contributed by atoms with Crippen LogP contribution in [0.4, 0.5) is 4.79 Å². The van der Waals surface area contributed by atoms with Gasteiger partial charge in [0.05, 0.1) is 26.9 Å². The lowest BCUT2D eigenvalue weighted by atomic mass is 9.87. The van der Waals surface area contributed by atoms with E-state index >= 15 is 0 Å². The van der Waals surface area contributed by atoms with E-state index in [9.17, 15) is 19.2 Å². The third kappa shape index (κ3) is 6.30. The fourth-order valence-electron chi connectivity index (χ4n) is 4.00. The zero-order valence-corrected chi connectivity index (χ0v) is 21.4. The summed E-state index contributed by atoms with van der Waals surface area (Å²) in [5.74, 6) is -1.93. The molecule has 0 bridgehead atoms. The number of esters is 2. The first-order valence-corrected chi connectivity index (χ1v) is 11.3. The van der Waals surface area contributed by atoms with Crippen molar-refractivity contribution >= 4 is 18.0 Å². The van der Waals surface area contributed by atoms with Crippen molar-refractivity contribution in [2.45, 2.75) is 66.0 Å². The number of hydrogen-bond acceptors (Lipinski definition) is 8. The van der Waals surface area contributed by atoms with Gasteiger partial charge in [0.2, 0.25) is 5.43 Å². The van der Waals surface area contributed by atoms with E-state index in [1.54, 1.807) is 32.6 Å². The molecule has 2 heterocycles. The second-order valence-corrected chi connectivity index (χ2v) is 10.1. The van der Waals surface area contributed by atoms with E-state index in [0.29, 0.717) is 19.4 Å². The zero-order valence-electron chi connectivity index (χ0n) is 21.4. The van der Waals surface area contributed by atoms with Gasteiger partial charge in [0.1, 0.15) is 11.2 Å². The molecule has 1 saturated heterocycles. The molecule has 0 aliphatic carbocycles. The summed E-state index contributed by atoms with van der Waals surface area (Å²) in [5.41, 5.74) is -2.08. The van der Waals surface area contributed by atoms with Gasteiger partial charge in [0, 0.05) is 19.3 Å². The number of nitrogens with zero attached hydrogens (tertiary/aromatic N) is 2. The van der Waals surface area contributed by atoms with Gasteiger partial charge in [-0.2, -0.15) is 0 Å². The van der Waals surface area contributed by atoms with Gasteiger partial charge in [-0.3, -0.25) is 4.79 Å². The van der Waals surface area contributed by atoms with Crippen molar-refractivity contribution in [2.24, 2.45) is 5.41 Å². The van der Waals surface area contributed by atoms with E-state index in [2.05, 4.69) is 0 Å². The lowest BCUT2D eigenvalue weighted by Crippen LogP contribution is -2.43. The van der Waals surface area contributed by atoms with Crippen LogP contribution in [0.25, 0.3) is 0 Å². The maximum Gasteiger partial charge on any atom is 0.410 e. The summed E-state index contributed by atoms with van der Waals surface area (Å²) < 4.78 is 22.4. The second kappa shape index (κ2) is 10.5. The molecular formula is C24H36N2O8. The Labute approximate surface area is 200 Å². The van der Waals surface area contributed by atoms with Gasteiger partial charge in [-0.1, -0.05) is 13.8 Å². The Balaban J connectivity index is 2.69. The van der Waals surface area contributed by atoms with Crippen LogP contribution >= 0.6 is 0 Å². The summed E-state index contributed by atoms with van der Waals surface area (Å²) in [6.45, 7) is 11.8. The van der Waals surface area contributed by atoms with Crippen LogP contribution < -0.4 is 10.2 Å². The number of aromatic nitrogens is 1. The second-order valence-electron chi connectivity index (χ2n) is 10.1. The SMILES string of the molecule is CCOC(=O)c1c(OC)c(=O)c(C(=O)OC)cn1C1CCC(C)(C)CN(C(=O)OC(C)(C)C)C1. The van der Waals surface area contributed by atoms with Crippen LogP contribution in [0.15, 0.2) is 11.0 Å². The number of methoxy groups -OCH3 is 2. The van der Waals surface area contributed by atoms with Crippen LogP contribution in [-0.2, 0) is 14.2 Å². The summed E-state index contributed by atoms with van der Waals surface area (Å²) in [7, 11) is 2.41. The molecule has 1 atom stereocenters. The molecule has 1 aromatic heterocycles. The summed E-state index contributed by atoms with van der Waals surface area (Å²) >= 11 is 0. The number of hydrogen-bond donors (Lipinski definition) is 0. The first-order valence-electron chi connectivity index (χ1n) is 11.3. The van der Waals surface area contributed by atoms with Crippen LogP contribution in [0, 0.1) is 5.41 Å². The Hall–Kier alpha value is -3.04. The topological polar surface area (TPSA) is 113 Å². The van der Waals surface area contributed by atoms with Crippen LogP contribution in [0.2, 0.25) is 0 Å². The molecule has 1 aliphatic heterocycles. The number of carbonyl (C=O) groups excluding carboxylic acids is 3. The van der Waals surface area contributed by atoms with Crippen LogP contribution in [-0.4, -0.2) is 67.0 Å². The minimum atomic E-state index is -0.856. The zero-order chi connectivity index (χ0) is 25.8. The Morgan fingerprint density at radius 2 is 1.79 bits per heavy atom. The van der Waals surface area contributed by atoms with Gasteiger partial charge in [-0.25, -0.2) is 14.4 Å². The van der Waals surface area contributed by atoms with E-state index in [-0.39, 0.29) is 35.6 Å². The summed E-state index contributed by atoms with van der Waals surface area (Å²) in [6.07, 6.45) is 2.08. The standard InChI is InChI=1S/C24H36N2O8/c1-9-33-21(29)17-19(31-7)18(27)16(20(28)32-8)13-26(17)15-10-11-24(5,6)14-25(12-15)22(30)34-23(2,3)4/h13,15H,9-12,14H2,1-8H3. The molecule has 0 N–H and O–H groups in total. The molecule has 0 saturated carbocycles. The molecule has 0 radical (unpaired) electrons. The maximum absolute atomic E-state index is 13.0. The van der Waals surface area contributed by atoms with E-state index in [1.165, 1.54) is 17.9 Å². The lowest BCUT2D eigenvalue weighted by molar-refractivity contribution is 0.0182. The molecule has 10 heteroatoms. The normalized spacial score (nSPS) is 18.0. The van der Waals surface area contributed by atoms with Crippen molar-refractivity contribution in [3.05, 3.63) is 27.7 Å². The molecule has 1 amide bonds. The Morgan fingerprint density at radius 1 is 1.15 bits per heavy atom. The molecule has 0 spiro atoms. The quantitative estimate of drug-likeness (QED) is 0.465. The predicted molar refractivity (Wildman–Crippen MR) is 124 cm³/mol. The Kier molecular flexibility index (Phi) is 8.39. The first kappa shape index (κ1) is 27.2. The van der Waals surface area contributed by atoms with Gasteiger partial charge in [-0.15, -0.1) is 0 Å². The largest absolute Gasteiger partial charge is 0.491 e.